The van der Waals surface area contributed by atoms with Gasteiger partial charge in [0.15, 0.2) is 23.1 Å². The van der Waals surface area contributed by atoms with E-state index in [1.807, 2.05) is 0 Å². The van der Waals surface area contributed by atoms with Crippen molar-refractivity contribution in [3.63, 3.8) is 0 Å². The van der Waals surface area contributed by atoms with Gasteiger partial charge < -0.3 is 14.5 Å². The van der Waals surface area contributed by atoms with Gasteiger partial charge >= 0.3 is 0 Å². The summed E-state index contributed by atoms with van der Waals surface area (Å²) in [5, 5.41) is 0. The number of ether oxygens (including phenoxy) is 2. The average molecular weight is 546 g/mol. The monoisotopic (exact) mass is 545 g/mol. The quantitative estimate of drug-likeness (QED) is 0.243. The molecule has 0 aliphatic rings. The van der Waals surface area contributed by atoms with Crippen LogP contribution in [0.3, 0.4) is 0 Å². The first-order valence-electron chi connectivity index (χ1n) is 12.1. The van der Waals surface area contributed by atoms with E-state index >= 15 is 4.39 Å². The number of hydrogen-bond acceptors (Lipinski definition) is 6. The summed E-state index contributed by atoms with van der Waals surface area (Å²) in [6.07, 6.45) is 2.69. The number of benzene rings is 2. The van der Waals surface area contributed by atoms with Crippen LogP contribution in [0.15, 0.2) is 65.7 Å². The molecule has 0 aliphatic heterocycles. The molecule has 3 aromatic heterocycles. The van der Waals surface area contributed by atoms with E-state index in [-0.39, 0.29) is 40.3 Å². The highest BCUT2D eigenvalue weighted by Crippen LogP contribution is 2.31. The molecule has 0 saturated carbocycles. The molecule has 0 unspecified atom stereocenters. The van der Waals surface area contributed by atoms with E-state index in [1.165, 1.54) is 31.6 Å². The number of Topliss-reactive ketones (excluding diaryl/α,β-unsaturated/α-hetero) is 1. The second kappa shape index (κ2) is 10.6. The summed E-state index contributed by atoms with van der Waals surface area (Å²) in [5.41, 5.74) is 0.735. The Morgan fingerprint density at radius 1 is 0.925 bits per heavy atom. The lowest BCUT2D eigenvalue weighted by Gasteiger charge is -2.13. The highest BCUT2D eigenvalue weighted by Gasteiger charge is 2.22. The molecule has 5 aromatic rings. The number of methoxy groups -OCH3 is 1. The van der Waals surface area contributed by atoms with E-state index in [1.54, 1.807) is 26.0 Å². The Kier molecular flexibility index (Phi) is 7.08. The normalized spacial score (nSPS) is 11.1. The molecule has 10 heteroatoms. The van der Waals surface area contributed by atoms with Crippen LogP contribution in [-0.2, 0) is 6.42 Å². The maximum atomic E-state index is 15.0. The number of aryl methyl sites for hydroxylation is 2. The summed E-state index contributed by atoms with van der Waals surface area (Å²) in [7, 11) is 1.51. The number of nitrogens with one attached hydrogen (secondary N) is 1. The molecule has 1 N–H and O–H groups in total. The number of H-pyrrole nitrogens is 1. The van der Waals surface area contributed by atoms with Gasteiger partial charge in [-0.1, -0.05) is 6.07 Å². The van der Waals surface area contributed by atoms with Gasteiger partial charge in [-0.15, -0.1) is 0 Å². The third kappa shape index (κ3) is 5.03. The number of ketones is 1. The van der Waals surface area contributed by atoms with E-state index in [0.29, 0.717) is 34.1 Å². The Morgan fingerprint density at radius 2 is 1.73 bits per heavy atom. The summed E-state index contributed by atoms with van der Waals surface area (Å²) in [5.74, 6) is -2.35. The predicted octanol–water partition coefficient (Wildman–Crippen LogP) is 6.25. The summed E-state index contributed by atoms with van der Waals surface area (Å²) in [4.78, 5) is 38.0. The molecule has 0 fully saturated rings. The van der Waals surface area contributed by atoms with Crippen LogP contribution in [0.5, 0.6) is 17.2 Å². The van der Waals surface area contributed by atoms with Crippen molar-refractivity contribution < 1.29 is 27.4 Å². The minimum atomic E-state index is -0.926. The number of pyridine rings is 3. The number of aromatic nitrogens is 3. The Labute approximate surface area is 226 Å². The van der Waals surface area contributed by atoms with Gasteiger partial charge in [-0.3, -0.25) is 14.6 Å². The molecule has 2 aromatic carbocycles. The van der Waals surface area contributed by atoms with Crippen molar-refractivity contribution >= 4 is 16.8 Å². The molecule has 0 radical (unpaired) electrons. The third-order valence-electron chi connectivity index (χ3n) is 6.39. The first-order valence-corrected chi connectivity index (χ1v) is 12.1. The Morgan fingerprint density at radius 3 is 2.45 bits per heavy atom. The SMILES string of the molecule is COc1cnc2c(Oc3ccc(CC(=O)c4c(C)[nH]c(C)c(-c5ccc(F)cc5F)c4=O)cc3F)ccnc2c1. The van der Waals surface area contributed by atoms with Crippen molar-refractivity contribution in [2.75, 3.05) is 7.11 Å². The Hall–Kier alpha value is -4.99. The fourth-order valence-electron chi connectivity index (χ4n) is 4.53. The Balaban J connectivity index is 1.42. The molecule has 0 aliphatic carbocycles. The van der Waals surface area contributed by atoms with Crippen molar-refractivity contribution in [3.05, 3.63) is 111 Å². The van der Waals surface area contributed by atoms with Crippen LogP contribution in [0.4, 0.5) is 13.2 Å². The Bertz CT molecular complexity index is 1850. The minimum absolute atomic E-state index is 0.0721. The van der Waals surface area contributed by atoms with Gasteiger partial charge in [0.25, 0.3) is 0 Å². The number of fused-ring (bicyclic) bond motifs is 1. The van der Waals surface area contributed by atoms with Crippen molar-refractivity contribution in [2.24, 2.45) is 0 Å². The maximum Gasteiger partial charge on any atom is 0.200 e. The van der Waals surface area contributed by atoms with E-state index in [2.05, 4.69) is 15.0 Å². The number of halogens is 3. The van der Waals surface area contributed by atoms with E-state index in [4.69, 9.17) is 9.47 Å². The second-order valence-corrected chi connectivity index (χ2v) is 9.10. The van der Waals surface area contributed by atoms with Crippen molar-refractivity contribution in [3.8, 4) is 28.4 Å². The molecule has 0 amide bonds. The minimum Gasteiger partial charge on any atom is -0.495 e. The van der Waals surface area contributed by atoms with Gasteiger partial charge in [0.2, 0.25) is 5.43 Å². The van der Waals surface area contributed by atoms with Gasteiger partial charge in [0.05, 0.1) is 30.0 Å². The van der Waals surface area contributed by atoms with Gasteiger partial charge in [-0.25, -0.2) is 18.2 Å². The van der Waals surface area contributed by atoms with Gasteiger partial charge in [-0.2, -0.15) is 0 Å². The molecule has 3 heterocycles. The molecule has 0 spiro atoms. The first-order chi connectivity index (χ1) is 19.2. The molecule has 7 nitrogen and oxygen atoms in total. The fraction of sp³-hybridized carbons (Fsp3) is 0.133. The number of aromatic amines is 1. The van der Waals surface area contributed by atoms with Gasteiger partial charge in [0, 0.05) is 47.8 Å². The third-order valence-corrected chi connectivity index (χ3v) is 6.39. The fourth-order valence-corrected chi connectivity index (χ4v) is 4.53. The maximum absolute atomic E-state index is 15.0. The lowest BCUT2D eigenvalue weighted by molar-refractivity contribution is 0.0991. The molecular formula is C30H22F3N3O4. The molecule has 40 heavy (non-hydrogen) atoms. The largest absolute Gasteiger partial charge is 0.495 e. The van der Waals surface area contributed by atoms with Crippen molar-refractivity contribution in [1.82, 2.24) is 15.0 Å². The summed E-state index contributed by atoms with van der Waals surface area (Å²) >= 11 is 0. The molecule has 0 atom stereocenters. The van der Waals surface area contributed by atoms with Crippen LogP contribution in [0.2, 0.25) is 0 Å². The molecule has 0 bridgehead atoms. The summed E-state index contributed by atoms with van der Waals surface area (Å²) in [6, 6.07) is 10.1. The summed E-state index contributed by atoms with van der Waals surface area (Å²) < 4.78 is 53.9. The number of hydrogen-bond donors (Lipinski definition) is 1. The highest BCUT2D eigenvalue weighted by molar-refractivity contribution is 5.99. The summed E-state index contributed by atoms with van der Waals surface area (Å²) in [6.45, 7) is 3.11. The van der Waals surface area contributed by atoms with E-state index < -0.39 is 28.7 Å². The predicted molar refractivity (Wildman–Crippen MR) is 142 cm³/mol. The molecule has 0 saturated heterocycles. The first kappa shape index (κ1) is 26.6. The van der Waals surface area contributed by atoms with Crippen LogP contribution < -0.4 is 14.9 Å². The van der Waals surface area contributed by atoms with Crippen LogP contribution in [0.25, 0.3) is 22.2 Å². The highest BCUT2D eigenvalue weighted by atomic mass is 19.1. The second-order valence-electron chi connectivity index (χ2n) is 9.10. The molecule has 202 valence electrons. The lowest BCUT2D eigenvalue weighted by Crippen LogP contribution is -2.23. The van der Waals surface area contributed by atoms with Gasteiger partial charge in [-0.05, 0) is 43.7 Å². The van der Waals surface area contributed by atoms with Crippen LogP contribution >= 0.6 is 0 Å². The standard InChI is InChI=1S/C30H22F3N3O4/c1-15-27(20-6-5-18(31)12-21(20)32)30(38)28(16(2)36-15)24(37)11-17-4-7-25(22(33)10-17)40-26-8-9-34-23-13-19(39-3)14-35-29(23)26/h4-10,12-14H,11H2,1-3H3,(H,36,38). The van der Waals surface area contributed by atoms with Crippen molar-refractivity contribution in [2.45, 2.75) is 20.3 Å². The van der Waals surface area contributed by atoms with Gasteiger partial charge in [0.1, 0.15) is 22.9 Å². The number of carbonyl (C=O) groups excluding carboxylic acids is 1. The molecule has 5 rings (SSSR count). The number of rotatable bonds is 7. The van der Waals surface area contributed by atoms with E-state index in [9.17, 15) is 18.4 Å². The number of carbonyl (C=O) groups is 1. The zero-order valence-electron chi connectivity index (χ0n) is 21.6. The van der Waals surface area contributed by atoms with E-state index in [0.717, 1.165) is 18.2 Å². The number of nitrogens with zero attached hydrogens (tertiary/aromatic N) is 2. The lowest BCUT2D eigenvalue weighted by atomic mass is 9.95. The smallest absolute Gasteiger partial charge is 0.200 e. The topological polar surface area (TPSA) is 94.2 Å². The van der Waals surface area contributed by atoms with Crippen LogP contribution in [0.1, 0.15) is 27.3 Å². The zero-order chi connectivity index (χ0) is 28.6. The molecular weight excluding hydrogens is 523 g/mol. The average Bonchev–Trinajstić information content (AvgIpc) is 2.91. The van der Waals surface area contributed by atoms with Crippen LogP contribution in [0, 0.1) is 31.3 Å². The van der Waals surface area contributed by atoms with Crippen molar-refractivity contribution in [1.29, 1.82) is 0 Å². The zero-order valence-corrected chi connectivity index (χ0v) is 21.6. The van der Waals surface area contributed by atoms with Crippen LogP contribution in [-0.4, -0.2) is 27.8 Å².